The number of benzene rings is 1. The molecule has 0 bridgehead atoms. The van der Waals surface area contributed by atoms with Crippen LogP contribution in [0.4, 0.5) is 10.2 Å². The van der Waals surface area contributed by atoms with Gasteiger partial charge in [0.1, 0.15) is 11.6 Å². The van der Waals surface area contributed by atoms with Crippen molar-refractivity contribution < 1.29 is 4.39 Å². The van der Waals surface area contributed by atoms with Gasteiger partial charge in [-0.3, -0.25) is 9.69 Å². The van der Waals surface area contributed by atoms with Gasteiger partial charge in [0.15, 0.2) is 0 Å². The Kier molecular flexibility index (Phi) is 4.54. The van der Waals surface area contributed by atoms with Gasteiger partial charge in [0.05, 0.1) is 6.33 Å². The molecule has 1 aromatic heterocycles. The van der Waals surface area contributed by atoms with E-state index < -0.39 is 0 Å². The highest BCUT2D eigenvalue weighted by atomic mass is 79.9. The molecule has 0 unspecified atom stereocenters. The number of hydrogen-bond acceptors (Lipinski definition) is 4. The number of rotatable bonds is 3. The first-order valence-electron chi connectivity index (χ1n) is 7.08. The summed E-state index contributed by atoms with van der Waals surface area (Å²) in [4.78, 5) is 22.3. The highest BCUT2D eigenvalue weighted by Crippen LogP contribution is 2.18. The van der Waals surface area contributed by atoms with Crippen molar-refractivity contribution >= 4 is 21.7 Å². The Morgan fingerprint density at radius 2 is 2.00 bits per heavy atom. The molecule has 1 aromatic carbocycles. The highest BCUT2D eigenvalue weighted by molar-refractivity contribution is 9.10. The van der Waals surface area contributed by atoms with E-state index in [-0.39, 0.29) is 11.4 Å². The Balaban J connectivity index is 1.61. The number of H-pyrrole nitrogens is 1. The van der Waals surface area contributed by atoms with Crippen molar-refractivity contribution in [2.75, 3.05) is 31.1 Å². The summed E-state index contributed by atoms with van der Waals surface area (Å²) in [7, 11) is 0. The Hall–Kier alpha value is -1.73. The molecule has 22 heavy (non-hydrogen) atoms. The molecule has 116 valence electrons. The van der Waals surface area contributed by atoms with Crippen LogP contribution >= 0.6 is 15.9 Å². The van der Waals surface area contributed by atoms with E-state index in [1.165, 1.54) is 18.5 Å². The fourth-order valence-corrected chi connectivity index (χ4v) is 2.89. The van der Waals surface area contributed by atoms with Gasteiger partial charge in [0, 0.05) is 48.8 Å². The maximum atomic E-state index is 13.9. The summed E-state index contributed by atoms with van der Waals surface area (Å²) in [6, 6.07) is 6.66. The van der Waals surface area contributed by atoms with E-state index in [0.29, 0.717) is 17.9 Å². The van der Waals surface area contributed by atoms with Crippen LogP contribution in [0.15, 0.2) is 39.9 Å². The molecule has 0 radical (unpaired) electrons. The Morgan fingerprint density at radius 3 is 2.68 bits per heavy atom. The molecule has 0 saturated carbocycles. The Bertz CT molecular complexity index is 713. The minimum absolute atomic E-state index is 0.149. The van der Waals surface area contributed by atoms with Crippen LogP contribution in [0.5, 0.6) is 0 Å². The zero-order valence-corrected chi connectivity index (χ0v) is 13.5. The van der Waals surface area contributed by atoms with Crippen LogP contribution in [-0.2, 0) is 6.54 Å². The van der Waals surface area contributed by atoms with Gasteiger partial charge in [-0.05, 0) is 12.1 Å². The number of nitrogens with one attached hydrogen (secondary N) is 1. The summed E-state index contributed by atoms with van der Waals surface area (Å²) in [6.07, 6.45) is 1.42. The van der Waals surface area contributed by atoms with Crippen molar-refractivity contribution in [3.63, 3.8) is 0 Å². The molecule has 2 aromatic rings. The van der Waals surface area contributed by atoms with E-state index >= 15 is 0 Å². The van der Waals surface area contributed by atoms with Gasteiger partial charge in [0.2, 0.25) is 0 Å². The van der Waals surface area contributed by atoms with Gasteiger partial charge in [-0.15, -0.1) is 0 Å². The second-order valence-electron chi connectivity index (χ2n) is 5.27. The number of anilines is 1. The maximum Gasteiger partial charge on any atom is 0.252 e. The van der Waals surface area contributed by atoms with Crippen LogP contribution in [0.3, 0.4) is 0 Å². The lowest BCUT2D eigenvalue weighted by atomic mass is 10.2. The molecule has 1 aliphatic heterocycles. The van der Waals surface area contributed by atoms with Crippen molar-refractivity contribution in [3.8, 4) is 0 Å². The van der Waals surface area contributed by atoms with Crippen molar-refractivity contribution in [2.24, 2.45) is 0 Å². The largest absolute Gasteiger partial charge is 0.354 e. The monoisotopic (exact) mass is 366 g/mol. The molecule has 1 fully saturated rings. The van der Waals surface area contributed by atoms with Crippen LogP contribution in [0.2, 0.25) is 0 Å². The van der Waals surface area contributed by atoms with Crippen molar-refractivity contribution in [1.82, 2.24) is 14.9 Å². The van der Waals surface area contributed by atoms with E-state index in [4.69, 9.17) is 0 Å². The van der Waals surface area contributed by atoms with Crippen LogP contribution in [0.25, 0.3) is 0 Å². The number of halogens is 2. The van der Waals surface area contributed by atoms with Gasteiger partial charge in [-0.1, -0.05) is 22.0 Å². The smallest absolute Gasteiger partial charge is 0.252 e. The SMILES string of the molecule is O=c1cc(N2CCN(Cc3ccc(Br)cc3F)CC2)nc[nH]1. The summed E-state index contributed by atoms with van der Waals surface area (Å²) >= 11 is 3.27. The lowest BCUT2D eigenvalue weighted by Crippen LogP contribution is -2.46. The van der Waals surface area contributed by atoms with Gasteiger partial charge in [-0.25, -0.2) is 9.37 Å². The van der Waals surface area contributed by atoms with E-state index in [1.807, 2.05) is 12.1 Å². The zero-order chi connectivity index (χ0) is 15.5. The fourth-order valence-electron chi connectivity index (χ4n) is 2.56. The molecule has 7 heteroatoms. The third kappa shape index (κ3) is 3.53. The molecule has 0 amide bonds. The van der Waals surface area contributed by atoms with Gasteiger partial charge in [-0.2, -0.15) is 0 Å². The average molecular weight is 367 g/mol. The number of aromatic amines is 1. The summed E-state index contributed by atoms with van der Waals surface area (Å²) < 4.78 is 14.6. The molecule has 0 atom stereocenters. The zero-order valence-electron chi connectivity index (χ0n) is 11.9. The van der Waals surface area contributed by atoms with Gasteiger partial charge < -0.3 is 9.88 Å². The van der Waals surface area contributed by atoms with Crippen molar-refractivity contribution in [1.29, 1.82) is 0 Å². The number of piperazine rings is 1. The molecule has 1 N–H and O–H groups in total. The van der Waals surface area contributed by atoms with Gasteiger partial charge in [0.25, 0.3) is 5.56 Å². The number of nitrogens with zero attached hydrogens (tertiary/aromatic N) is 3. The van der Waals surface area contributed by atoms with Crippen molar-refractivity contribution in [2.45, 2.75) is 6.54 Å². The van der Waals surface area contributed by atoms with E-state index in [1.54, 1.807) is 0 Å². The third-order valence-electron chi connectivity index (χ3n) is 3.77. The van der Waals surface area contributed by atoms with Gasteiger partial charge >= 0.3 is 0 Å². The molecular formula is C15H16BrFN4O. The fraction of sp³-hybridized carbons (Fsp3) is 0.333. The summed E-state index contributed by atoms with van der Waals surface area (Å²) in [5, 5.41) is 0. The predicted octanol–water partition coefficient (Wildman–Crippen LogP) is 1.99. The van der Waals surface area contributed by atoms with Crippen LogP contribution in [-0.4, -0.2) is 41.0 Å². The minimum Gasteiger partial charge on any atom is -0.354 e. The summed E-state index contributed by atoms with van der Waals surface area (Å²) in [5.41, 5.74) is 0.551. The first-order chi connectivity index (χ1) is 10.6. The molecule has 2 heterocycles. The molecule has 5 nitrogen and oxygen atoms in total. The normalized spacial score (nSPS) is 16.0. The molecule has 0 aliphatic carbocycles. The van der Waals surface area contributed by atoms with E-state index in [2.05, 4.69) is 35.7 Å². The lowest BCUT2D eigenvalue weighted by Gasteiger charge is -2.35. The maximum absolute atomic E-state index is 13.9. The summed E-state index contributed by atoms with van der Waals surface area (Å²) in [6.45, 7) is 3.76. The van der Waals surface area contributed by atoms with E-state index in [9.17, 15) is 9.18 Å². The molecule has 3 rings (SSSR count). The van der Waals surface area contributed by atoms with Crippen LogP contribution < -0.4 is 10.5 Å². The van der Waals surface area contributed by atoms with Crippen LogP contribution in [0.1, 0.15) is 5.56 Å². The minimum atomic E-state index is -0.187. The average Bonchev–Trinajstić information content (AvgIpc) is 2.51. The second kappa shape index (κ2) is 6.58. The Labute approximate surface area is 135 Å². The standard InChI is InChI=1S/C15H16BrFN4O/c16-12-2-1-11(13(17)7-12)9-20-3-5-21(6-4-20)14-8-15(22)19-10-18-14/h1-2,7-8,10H,3-6,9H2,(H,18,19,22). The molecular weight excluding hydrogens is 351 g/mol. The number of aromatic nitrogens is 2. The highest BCUT2D eigenvalue weighted by Gasteiger charge is 2.19. The summed E-state index contributed by atoms with van der Waals surface area (Å²) in [5.74, 6) is 0.506. The third-order valence-corrected chi connectivity index (χ3v) is 4.26. The van der Waals surface area contributed by atoms with Crippen molar-refractivity contribution in [3.05, 3.63) is 56.8 Å². The Morgan fingerprint density at radius 1 is 1.23 bits per heavy atom. The quantitative estimate of drug-likeness (QED) is 0.902. The first kappa shape index (κ1) is 15.2. The molecule has 0 spiro atoms. The molecule has 1 aliphatic rings. The lowest BCUT2D eigenvalue weighted by molar-refractivity contribution is 0.246. The topological polar surface area (TPSA) is 52.2 Å². The number of hydrogen-bond donors (Lipinski definition) is 1. The van der Waals surface area contributed by atoms with Crippen LogP contribution in [0, 0.1) is 5.82 Å². The first-order valence-corrected chi connectivity index (χ1v) is 7.87. The second-order valence-corrected chi connectivity index (χ2v) is 6.18. The molecule has 1 saturated heterocycles. The van der Waals surface area contributed by atoms with E-state index in [0.717, 1.165) is 30.7 Å². The predicted molar refractivity (Wildman–Crippen MR) is 86.4 cm³/mol.